The number of rotatable bonds is 7. The Morgan fingerprint density at radius 2 is 1.69 bits per heavy atom. The van der Waals surface area contributed by atoms with Gasteiger partial charge in [-0.25, -0.2) is 0 Å². The van der Waals surface area contributed by atoms with Crippen molar-refractivity contribution in [3.63, 3.8) is 0 Å². The van der Waals surface area contributed by atoms with Crippen molar-refractivity contribution < 1.29 is 5.11 Å². The second kappa shape index (κ2) is 7.34. The predicted octanol–water partition coefficient (Wildman–Crippen LogP) is 2.17. The summed E-state index contributed by atoms with van der Waals surface area (Å²) in [6.07, 6.45) is 3.07. The molecule has 0 bridgehead atoms. The summed E-state index contributed by atoms with van der Waals surface area (Å²) in [5.74, 6) is 0.378. The smallest absolute Gasteiger partial charge is 0.0575 e. The molecule has 13 heavy (non-hydrogen) atoms. The molecule has 0 saturated carbocycles. The molecule has 0 heterocycles. The van der Waals surface area contributed by atoms with Crippen molar-refractivity contribution in [2.75, 3.05) is 6.54 Å². The van der Waals surface area contributed by atoms with Crippen LogP contribution in [0.5, 0.6) is 0 Å². The molecule has 0 rings (SSSR count). The Labute approximate surface area is 82.7 Å². The minimum atomic E-state index is -0.151. The zero-order valence-corrected chi connectivity index (χ0v) is 9.51. The molecule has 2 N–H and O–H groups in total. The monoisotopic (exact) mass is 187 g/mol. The van der Waals surface area contributed by atoms with Gasteiger partial charge in [0.05, 0.1) is 6.10 Å². The van der Waals surface area contributed by atoms with Gasteiger partial charge in [-0.15, -0.1) is 0 Å². The zero-order valence-electron chi connectivity index (χ0n) is 9.51. The molecule has 2 nitrogen and oxygen atoms in total. The summed E-state index contributed by atoms with van der Waals surface area (Å²) in [7, 11) is 0. The Morgan fingerprint density at radius 3 is 2.08 bits per heavy atom. The summed E-state index contributed by atoms with van der Waals surface area (Å²) >= 11 is 0. The summed E-state index contributed by atoms with van der Waals surface area (Å²) in [6, 6.07) is 0.624. The largest absolute Gasteiger partial charge is 0.393 e. The summed E-state index contributed by atoms with van der Waals surface area (Å²) in [6.45, 7) is 9.44. The van der Waals surface area contributed by atoms with Gasteiger partial charge in [0, 0.05) is 6.04 Å². The van der Waals surface area contributed by atoms with Crippen molar-refractivity contribution in [2.24, 2.45) is 5.92 Å². The minimum absolute atomic E-state index is 0.151. The van der Waals surface area contributed by atoms with Crippen LogP contribution >= 0.6 is 0 Å². The summed E-state index contributed by atoms with van der Waals surface area (Å²) in [5, 5.41) is 13.0. The van der Waals surface area contributed by atoms with Crippen molar-refractivity contribution in [1.82, 2.24) is 5.32 Å². The van der Waals surface area contributed by atoms with Crippen molar-refractivity contribution in [3.8, 4) is 0 Å². The summed E-state index contributed by atoms with van der Waals surface area (Å²) in [5.41, 5.74) is 0. The molecule has 0 radical (unpaired) electrons. The van der Waals surface area contributed by atoms with Crippen LogP contribution in [0, 0.1) is 5.92 Å². The van der Waals surface area contributed by atoms with Gasteiger partial charge in [-0.1, -0.05) is 27.7 Å². The van der Waals surface area contributed by atoms with Crippen LogP contribution in [0.15, 0.2) is 0 Å². The summed E-state index contributed by atoms with van der Waals surface area (Å²) < 4.78 is 0. The highest BCUT2D eigenvalue weighted by atomic mass is 16.3. The van der Waals surface area contributed by atoms with Gasteiger partial charge >= 0.3 is 0 Å². The van der Waals surface area contributed by atoms with Crippen molar-refractivity contribution in [2.45, 2.75) is 59.1 Å². The molecule has 0 aromatic heterocycles. The lowest BCUT2D eigenvalue weighted by Gasteiger charge is -2.18. The van der Waals surface area contributed by atoms with E-state index < -0.39 is 0 Å². The maximum absolute atomic E-state index is 9.54. The standard InChI is InChI=1S/C11H25NO/c1-5-10(6-2)12-8-7-11(13)9(3)4/h9-13H,5-8H2,1-4H3. The topological polar surface area (TPSA) is 32.3 Å². The maximum atomic E-state index is 9.54. The lowest BCUT2D eigenvalue weighted by atomic mass is 10.0. The molecule has 0 aromatic rings. The van der Waals surface area contributed by atoms with E-state index in [0.29, 0.717) is 12.0 Å². The van der Waals surface area contributed by atoms with Gasteiger partial charge in [-0.2, -0.15) is 0 Å². The fourth-order valence-corrected chi connectivity index (χ4v) is 1.35. The predicted molar refractivity (Wildman–Crippen MR) is 57.8 cm³/mol. The molecular weight excluding hydrogens is 162 g/mol. The third-order valence-electron chi connectivity index (χ3n) is 2.63. The first-order valence-electron chi connectivity index (χ1n) is 5.53. The Kier molecular flexibility index (Phi) is 7.29. The molecule has 0 spiro atoms. The van der Waals surface area contributed by atoms with Crippen LogP contribution in [-0.2, 0) is 0 Å². The third kappa shape index (κ3) is 6.05. The molecule has 0 fully saturated rings. The summed E-state index contributed by atoms with van der Waals surface area (Å²) in [4.78, 5) is 0. The van der Waals surface area contributed by atoms with Crippen molar-refractivity contribution in [3.05, 3.63) is 0 Å². The fourth-order valence-electron chi connectivity index (χ4n) is 1.35. The Morgan fingerprint density at radius 1 is 1.15 bits per heavy atom. The molecule has 0 saturated heterocycles. The highest BCUT2D eigenvalue weighted by Gasteiger charge is 2.09. The second-order valence-corrected chi connectivity index (χ2v) is 4.07. The van der Waals surface area contributed by atoms with Gasteiger partial charge in [0.25, 0.3) is 0 Å². The average molecular weight is 187 g/mol. The van der Waals surface area contributed by atoms with E-state index in [1.165, 1.54) is 12.8 Å². The van der Waals surface area contributed by atoms with Crippen LogP contribution in [0.3, 0.4) is 0 Å². The van der Waals surface area contributed by atoms with Gasteiger partial charge < -0.3 is 10.4 Å². The molecule has 0 aliphatic heterocycles. The molecule has 0 aliphatic rings. The SMILES string of the molecule is CCC(CC)NCCC(O)C(C)C. The number of aliphatic hydroxyl groups is 1. The van der Waals surface area contributed by atoms with Crippen LogP contribution in [0.2, 0.25) is 0 Å². The van der Waals surface area contributed by atoms with Crippen molar-refractivity contribution >= 4 is 0 Å². The molecule has 0 aromatic carbocycles. The lowest BCUT2D eigenvalue weighted by molar-refractivity contribution is 0.115. The maximum Gasteiger partial charge on any atom is 0.0575 e. The molecule has 1 atom stereocenters. The molecule has 80 valence electrons. The van der Waals surface area contributed by atoms with E-state index in [9.17, 15) is 5.11 Å². The Bertz CT molecular complexity index is 109. The normalized spacial score (nSPS) is 14.1. The lowest BCUT2D eigenvalue weighted by Crippen LogP contribution is -2.31. The zero-order chi connectivity index (χ0) is 10.3. The number of hydrogen-bond donors (Lipinski definition) is 2. The van der Waals surface area contributed by atoms with Crippen LogP contribution in [0.1, 0.15) is 47.0 Å². The fraction of sp³-hybridized carbons (Fsp3) is 1.00. The van der Waals surface area contributed by atoms with E-state index >= 15 is 0 Å². The number of nitrogens with one attached hydrogen (secondary N) is 1. The highest BCUT2D eigenvalue weighted by molar-refractivity contribution is 4.66. The van der Waals surface area contributed by atoms with Gasteiger partial charge in [0.1, 0.15) is 0 Å². The molecular formula is C11H25NO. The van der Waals surface area contributed by atoms with E-state index in [0.717, 1.165) is 13.0 Å². The first kappa shape index (κ1) is 12.9. The number of aliphatic hydroxyl groups excluding tert-OH is 1. The van der Waals surface area contributed by atoms with Crippen LogP contribution in [0.4, 0.5) is 0 Å². The molecule has 2 heteroatoms. The van der Waals surface area contributed by atoms with E-state index in [4.69, 9.17) is 0 Å². The first-order valence-corrected chi connectivity index (χ1v) is 5.53. The second-order valence-electron chi connectivity index (χ2n) is 4.07. The van der Waals surface area contributed by atoms with Gasteiger partial charge in [-0.05, 0) is 31.7 Å². The highest BCUT2D eigenvalue weighted by Crippen LogP contribution is 2.05. The quantitative estimate of drug-likeness (QED) is 0.640. The third-order valence-corrected chi connectivity index (χ3v) is 2.63. The van der Waals surface area contributed by atoms with Gasteiger partial charge in [-0.3, -0.25) is 0 Å². The Balaban J connectivity index is 3.43. The first-order chi connectivity index (χ1) is 6.11. The Hall–Kier alpha value is -0.0800. The van der Waals surface area contributed by atoms with Crippen LogP contribution in [-0.4, -0.2) is 23.8 Å². The van der Waals surface area contributed by atoms with Crippen LogP contribution < -0.4 is 5.32 Å². The molecule has 0 amide bonds. The van der Waals surface area contributed by atoms with E-state index in [1.807, 2.05) is 0 Å². The van der Waals surface area contributed by atoms with E-state index in [1.54, 1.807) is 0 Å². The average Bonchev–Trinajstić information content (AvgIpc) is 2.12. The van der Waals surface area contributed by atoms with Gasteiger partial charge in [0.15, 0.2) is 0 Å². The van der Waals surface area contributed by atoms with Crippen LogP contribution in [0.25, 0.3) is 0 Å². The van der Waals surface area contributed by atoms with E-state index in [2.05, 4.69) is 33.0 Å². The van der Waals surface area contributed by atoms with Gasteiger partial charge in [0.2, 0.25) is 0 Å². The van der Waals surface area contributed by atoms with Crippen molar-refractivity contribution in [1.29, 1.82) is 0 Å². The van der Waals surface area contributed by atoms with E-state index in [-0.39, 0.29) is 6.10 Å². The molecule has 1 unspecified atom stereocenters. The molecule has 0 aliphatic carbocycles. The minimum Gasteiger partial charge on any atom is -0.393 e. The number of hydrogen-bond acceptors (Lipinski definition) is 2.